The Hall–Kier alpha value is -2.49. The van der Waals surface area contributed by atoms with Crippen molar-refractivity contribution >= 4 is 0 Å². The molecule has 2 N–H and O–H groups in total. The van der Waals surface area contributed by atoms with E-state index in [-0.39, 0.29) is 23.5 Å². The summed E-state index contributed by atoms with van der Waals surface area (Å²) >= 11 is 0. The Labute approximate surface area is 157 Å². The molecule has 2 aromatic rings. The van der Waals surface area contributed by atoms with Gasteiger partial charge in [-0.15, -0.1) is 0 Å². The van der Waals surface area contributed by atoms with Crippen molar-refractivity contribution in [2.75, 3.05) is 19.6 Å². The lowest BCUT2D eigenvalue weighted by Gasteiger charge is -2.30. The number of nitriles is 1. The van der Waals surface area contributed by atoms with Gasteiger partial charge in [-0.05, 0) is 55.1 Å². The van der Waals surface area contributed by atoms with Crippen LogP contribution in [0.15, 0.2) is 36.4 Å². The molecule has 0 saturated carbocycles. The van der Waals surface area contributed by atoms with Gasteiger partial charge in [0.2, 0.25) is 5.82 Å². The molecule has 0 bridgehead atoms. The van der Waals surface area contributed by atoms with Crippen LogP contribution in [-0.2, 0) is 6.42 Å². The van der Waals surface area contributed by atoms with Gasteiger partial charge in [0.15, 0.2) is 11.6 Å². The molecule has 3 atom stereocenters. The predicted molar refractivity (Wildman–Crippen MR) is 97.1 cm³/mol. The maximum absolute atomic E-state index is 14.4. The molecule has 4 rings (SSSR count). The fraction of sp³-hybridized carbons (Fsp3) is 0.381. The minimum absolute atomic E-state index is 0.0528. The second kappa shape index (κ2) is 7.26. The van der Waals surface area contributed by atoms with E-state index in [1.54, 1.807) is 6.07 Å². The summed E-state index contributed by atoms with van der Waals surface area (Å²) in [5.74, 6) is -1.98. The summed E-state index contributed by atoms with van der Waals surface area (Å²) in [6, 6.07) is 12.2. The first-order valence-corrected chi connectivity index (χ1v) is 9.19. The Bertz CT molecular complexity index is 895. The summed E-state index contributed by atoms with van der Waals surface area (Å²) in [5.41, 5.74) is 7.67. The summed E-state index contributed by atoms with van der Waals surface area (Å²) in [5, 5.41) is 8.87. The summed E-state index contributed by atoms with van der Waals surface area (Å²) in [7, 11) is 0. The number of hydrogen-bond donors (Lipinski definition) is 1. The molecule has 140 valence electrons. The molecule has 3 unspecified atom stereocenters. The van der Waals surface area contributed by atoms with Crippen molar-refractivity contribution in [2.24, 2.45) is 11.7 Å². The summed E-state index contributed by atoms with van der Waals surface area (Å²) in [4.78, 5) is 2.35. The Kier molecular flexibility index (Phi) is 4.81. The number of halogens is 2. The number of ether oxygens (including phenoxy) is 1. The SMILES string of the molecule is N#Cc1ccc(OC2c3ccccc3CC2N2CCC(CN)C2)c(F)c1F. The molecular formula is C21H21F2N3O. The van der Waals surface area contributed by atoms with E-state index in [0.717, 1.165) is 31.5 Å². The van der Waals surface area contributed by atoms with Gasteiger partial charge in [0.05, 0.1) is 11.6 Å². The number of likely N-dealkylation sites (tertiary alicyclic amines) is 1. The third-order valence-electron chi connectivity index (χ3n) is 5.68. The fourth-order valence-corrected chi connectivity index (χ4v) is 4.20. The number of nitrogens with zero attached hydrogens (tertiary/aromatic N) is 2. The van der Waals surface area contributed by atoms with Crippen LogP contribution in [0.3, 0.4) is 0 Å². The van der Waals surface area contributed by atoms with E-state index in [1.165, 1.54) is 17.7 Å². The van der Waals surface area contributed by atoms with Crippen molar-refractivity contribution in [1.29, 1.82) is 5.26 Å². The molecule has 1 aliphatic carbocycles. The van der Waals surface area contributed by atoms with Crippen molar-refractivity contribution in [3.8, 4) is 11.8 Å². The molecule has 27 heavy (non-hydrogen) atoms. The topological polar surface area (TPSA) is 62.3 Å². The van der Waals surface area contributed by atoms with Crippen LogP contribution < -0.4 is 10.5 Å². The van der Waals surface area contributed by atoms with Crippen molar-refractivity contribution in [3.05, 3.63) is 64.7 Å². The first-order chi connectivity index (χ1) is 13.1. The Morgan fingerprint density at radius 1 is 1.19 bits per heavy atom. The summed E-state index contributed by atoms with van der Waals surface area (Å²) in [6.45, 7) is 2.46. The molecule has 1 aliphatic heterocycles. The van der Waals surface area contributed by atoms with Crippen LogP contribution in [0.5, 0.6) is 5.75 Å². The minimum Gasteiger partial charge on any atom is -0.481 e. The van der Waals surface area contributed by atoms with E-state index in [1.807, 2.05) is 18.2 Å². The number of rotatable bonds is 4. The first-order valence-electron chi connectivity index (χ1n) is 9.19. The maximum Gasteiger partial charge on any atom is 0.202 e. The van der Waals surface area contributed by atoms with Crippen LogP contribution in [0, 0.1) is 28.9 Å². The van der Waals surface area contributed by atoms with E-state index in [9.17, 15) is 8.78 Å². The molecule has 0 radical (unpaired) electrons. The van der Waals surface area contributed by atoms with Crippen LogP contribution in [0.2, 0.25) is 0 Å². The monoisotopic (exact) mass is 369 g/mol. The molecule has 4 nitrogen and oxygen atoms in total. The third-order valence-corrected chi connectivity index (χ3v) is 5.68. The molecule has 1 heterocycles. The van der Waals surface area contributed by atoms with Crippen molar-refractivity contribution in [2.45, 2.75) is 25.0 Å². The standard InChI is InChI=1S/C21H21F2N3O/c22-19-15(11-25)5-6-18(20(19)23)27-21-16-4-2-1-3-14(16)9-17(21)26-8-7-13(10-24)12-26/h1-6,13,17,21H,7-10,12,24H2. The van der Waals surface area contributed by atoms with E-state index in [2.05, 4.69) is 11.0 Å². The highest BCUT2D eigenvalue weighted by molar-refractivity contribution is 5.41. The normalized spacial score (nSPS) is 24.6. The second-order valence-corrected chi connectivity index (χ2v) is 7.25. The molecule has 1 saturated heterocycles. The van der Waals surface area contributed by atoms with E-state index in [0.29, 0.717) is 12.5 Å². The highest BCUT2D eigenvalue weighted by atomic mass is 19.2. The lowest BCUT2D eigenvalue weighted by Crippen LogP contribution is -2.39. The number of hydrogen-bond acceptors (Lipinski definition) is 4. The van der Waals surface area contributed by atoms with Gasteiger partial charge in [0.1, 0.15) is 12.2 Å². The lowest BCUT2D eigenvalue weighted by atomic mass is 10.1. The number of benzene rings is 2. The number of nitrogens with two attached hydrogens (primary N) is 1. The van der Waals surface area contributed by atoms with Crippen molar-refractivity contribution in [3.63, 3.8) is 0 Å². The molecule has 2 aliphatic rings. The van der Waals surface area contributed by atoms with Crippen molar-refractivity contribution < 1.29 is 13.5 Å². The zero-order valence-electron chi connectivity index (χ0n) is 14.9. The molecule has 0 aromatic heterocycles. The molecular weight excluding hydrogens is 348 g/mol. The molecule has 1 fully saturated rings. The lowest BCUT2D eigenvalue weighted by molar-refractivity contribution is 0.0876. The average molecular weight is 369 g/mol. The van der Waals surface area contributed by atoms with Crippen LogP contribution in [0.25, 0.3) is 0 Å². The molecule has 0 spiro atoms. The largest absolute Gasteiger partial charge is 0.481 e. The zero-order valence-corrected chi connectivity index (χ0v) is 14.9. The Morgan fingerprint density at radius 2 is 2.00 bits per heavy atom. The second-order valence-electron chi connectivity index (χ2n) is 7.25. The van der Waals surface area contributed by atoms with Gasteiger partial charge in [-0.25, -0.2) is 4.39 Å². The quantitative estimate of drug-likeness (QED) is 0.899. The van der Waals surface area contributed by atoms with Gasteiger partial charge in [-0.1, -0.05) is 24.3 Å². The third kappa shape index (κ3) is 3.18. The fourth-order valence-electron chi connectivity index (χ4n) is 4.20. The van der Waals surface area contributed by atoms with E-state index < -0.39 is 11.6 Å². The van der Waals surface area contributed by atoms with Crippen LogP contribution in [0.4, 0.5) is 8.78 Å². The zero-order chi connectivity index (χ0) is 19.0. The molecule has 6 heteroatoms. The Morgan fingerprint density at radius 3 is 2.74 bits per heavy atom. The van der Waals surface area contributed by atoms with Gasteiger partial charge in [0, 0.05) is 6.54 Å². The van der Waals surface area contributed by atoms with Crippen LogP contribution in [0.1, 0.15) is 29.2 Å². The minimum atomic E-state index is -1.16. The smallest absolute Gasteiger partial charge is 0.202 e. The van der Waals surface area contributed by atoms with Gasteiger partial charge in [-0.2, -0.15) is 9.65 Å². The highest BCUT2D eigenvalue weighted by Gasteiger charge is 2.40. The van der Waals surface area contributed by atoms with Gasteiger partial charge in [0.25, 0.3) is 0 Å². The summed E-state index contributed by atoms with van der Waals surface area (Å²) < 4.78 is 34.5. The van der Waals surface area contributed by atoms with Crippen LogP contribution >= 0.6 is 0 Å². The Balaban J connectivity index is 1.66. The van der Waals surface area contributed by atoms with E-state index in [4.69, 9.17) is 15.7 Å². The van der Waals surface area contributed by atoms with Crippen LogP contribution in [-0.4, -0.2) is 30.6 Å². The van der Waals surface area contributed by atoms with E-state index >= 15 is 0 Å². The summed E-state index contributed by atoms with van der Waals surface area (Å²) in [6.07, 6.45) is 1.45. The van der Waals surface area contributed by atoms with Gasteiger partial charge < -0.3 is 10.5 Å². The maximum atomic E-state index is 14.4. The average Bonchev–Trinajstić information content (AvgIpc) is 3.30. The highest BCUT2D eigenvalue weighted by Crippen LogP contribution is 2.40. The van der Waals surface area contributed by atoms with Gasteiger partial charge >= 0.3 is 0 Å². The predicted octanol–water partition coefficient (Wildman–Crippen LogP) is 3.16. The van der Waals surface area contributed by atoms with Crippen molar-refractivity contribution in [1.82, 2.24) is 4.90 Å². The molecule has 2 aromatic carbocycles. The number of fused-ring (bicyclic) bond motifs is 1. The first kappa shape index (κ1) is 17.9. The molecule has 0 amide bonds. The van der Waals surface area contributed by atoms with Gasteiger partial charge in [-0.3, -0.25) is 4.90 Å².